The molecule has 0 amide bonds. The summed E-state index contributed by atoms with van der Waals surface area (Å²) in [5, 5.41) is 11.9. The number of aromatic amines is 1. The van der Waals surface area contributed by atoms with Gasteiger partial charge in [-0.2, -0.15) is 0 Å². The van der Waals surface area contributed by atoms with Gasteiger partial charge in [-0.25, -0.2) is 4.98 Å². The Labute approximate surface area is 170 Å². The predicted molar refractivity (Wildman–Crippen MR) is 112 cm³/mol. The molecular weight excluding hydrogens is 368 g/mol. The molecule has 154 valence electrons. The van der Waals surface area contributed by atoms with Gasteiger partial charge in [0.15, 0.2) is 5.78 Å². The van der Waals surface area contributed by atoms with E-state index >= 15 is 0 Å². The van der Waals surface area contributed by atoms with Gasteiger partial charge >= 0.3 is 0 Å². The lowest BCUT2D eigenvalue weighted by Crippen LogP contribution is -2.48. The summed E-state index contributed by atoms with van der Waals surface area (Å²) in [5.41, 5.74) is 1.79. The number of aryl methyl sites for hydroxylation is 2. The third-order valence-corrected chi connectivity index (χ3v) is 6.01. The minimum atomic E-state index is -0.755. The summed E-state index contributed by atoms with van der Waals surface area (Å²) in [6.07, 6.45) is 4.93. The van der Waals surface area contributed by atoms with Crippen molar-refractivity contribution in [2.24, 2.45) is 0 Å². The summed E-state index contributed by atoms with van der Waals surface area (Å²) < 4.78 is 7.31. The highest BCUT2D eigenvalue weighted by Crippen LogP contribution is 2.28. The number of carbonyl (C=O) groups excluding carboxylic acids is 1. The molecule has 29 heavy (non-hydrogen) atoms. The first kappa shape index (κ1) is 19.7. The fourth-order valence-electron chi connectivity index (χ4n) is 4.25. The van der Waals surface area contributed by atoms with Crippen LogP contribution in [0.5, 0.6) is 5.75 Å². The number of imidazole rings is 1. The Bertz CT molecular complexity index is 1030. The molecule has 0 saturated carbocycles. The van der Waals surface area contributed by atoms with Crippen LogP contribution in [0.15, 0.2) is 30.6 Å². The van der Waals surface area contributed by atoms with Gasteiger partial charge in [0, 0.05) is 47.6 Å². The summed E-state index contributed by atoms with van der Waals surface area (Å²) in [7, 11) is 1.63. The number of aromatic nitrogens is 3. The number of hydrogen-bond donors (Lipinski definition) is 2. The van der Waals surface area contributed by atoms with Gasteiger partial charge in [0.2, 0.25) is 0 Å². The smallest absolute Gasteiger partial charge is 0.179 e. The number of piperidine rings is 1. The number of methoxy groups -OCH3 is 1. The Morgan fingerprint density at radius 1 is 1.31 bits per heavy atom. The van der Waals surface area contributed by atoms with Crippen molar-refractivity contribution in [2.75, 3.05) is 26.7 Å². The number of aliphatic hydroxyl groups is 1. The third kappa shape index (κ3) is 3.93. The lowest BCUT2D eigenvalue weighted by Gasteiger charge is -2.38. The molecule has 1 aliphatic heterocycles. The molecule has 1 aliphatic rings. The molecule has 0 radical (unpaired) electrons. The van der Waals surface area contributed by atoms with Gasteiger partial charge in [-0.15, -0.1) is 0 Å². The summed E-state index contributed by atoms with van der Waals surface area (Å²) in [5.74, 6) is 1.74. The average molecular weight is 396 g/mol. The van der Waals surface area contributed by atoms with Gasteiger partial charge in [0.25, 0.3) is 0 Å². The van der Waals surface area contributed by atoms with Crippen LogP contribution in [0.25, 0.3) is 10.9 Å². The number of Topliss-reactive ketones (excluding diaryl/α,β-unsaturated/α-hetero) is 1. The second kappa shape index (κ2) is 7.65. The van der Waals surface area contributed by atoms with Crippen LogP contribution in [0.2, 0.25) is 0 Å². The lowest BCUT2D eigenvalue weighted by molar-refractivity contribution is -0.0331. The monoisotopic (exact) mass is 396 g/mol. The molecule has 0 aliphatic carbocycles. The number of H-pyrrole nitrogens is 1. The zero-order valence-electron chi connectivity index (χ0n) is 17.2. The highest BCUT2D eigenvalue weighted by atomic mass is 16.5. The summed E-state index contributed by atoms with van der Waals surface area (Å²) in [6, 6.07) is 5.74. The van der Waals surface area contributed by atoms with Crippen LogP contribution in [0.1, 0.15) is 34.7 Å². The highest BCUT2D eigenvalue weighted by molar-refractivity contribution is 6.10. The number of hydrogen-bond acceptors (Lipinski definition) is 5. The number of nitrogens with one attached hydrogen (secondary N) is 1. The molecule has 4 rings (SSSR count). The van der Waals surface area contributed by atoms with E-state index in [-0.39, 0.29) is 5.78 Å². The maximum atomic E-state index is 13.1. The van der Waals surface area contributed by atoms with E-state index in [1.807, 2.05) is 42.8 Å². The van der Waals surface area contributed by atoms with Crippen molar-refractivity contribution in [3.8, 4) is 5.75 Å². The van der Waals surface area contributed by atoms with Crippen LogP contribution < -0.4 is 4.74 Å². The second-order valence-electron chi connectivity index (χ2n) is 8.06. The molecule has 7 nitrogen and oxygen atoms in total. The van der Waals surface area contributed by atoms with Crippen molar-refractivity contribution in [2.45, 2.75) is 38.8 Å². The van der Waals surface area contributed by atoms with Crippen molar-refractivity contribution >= 4 is 16.7 Å². The SMILES string of the molecule is COc1ccc2[nH]c(C)c(C(=O)CN3CCC(O)(Cn4ccnc4C)CC3)c2c1. The van der Waals surface area contributed by atoms with Gasteiger partial charge in [-0.1, -0.05) is 0 Å². The fourth-order valence-corrected chi connectivity index (χ4v) is 4.25. The maximum absolute atomic E-state index is 13.1. The van der Waals surface area contributed by atoms with Crippen LogP contribution >= 0.6 is 0 Å². The first-order valence-corrected chi connectivity index (χ1v) is 10.0. The molecule has 1 saturated heterocycles. The van der Waals surface area contributed by atoms with Crippen LogP contribution in [0.4, 0.5) is 0 Å². The molecule has 3 aromatic rings. The van der Waals surface area contributed by atoms with E-state index in [1.165, 1.54) is 0 Å². The zero-order valence-corrected chi connectivity index (χ0v) is 17.2. The number of benzene rings is 1. The van der Waals surface area contributed by atoms with Gasteiger partial charge in [-0.3, -0.25) is 9.69 Å². The Morgan fingerprint density at radius 2 is 2.07 bits per heavy atom. The summed E-state index contributed by atoms with van der Waals surface area (Å²) in [6.45, 7) is 6.16. The van der Waals surface area contributed by atoms with Crippen LogP contribution in [0, 0.1) is 13.8 Å². The molecule has 0 unspecified atom stereocenters. The zero-order chi connectivity index (χ0) is 20.6. The molecule has 0 bridgehead atoms. The van der Waals surface area contributed by atoms with E-state index in [1.54, 1.807) is 13.3 Å². The van der Waals surface area contributed by atoms with E-state index < -0.39 is 5.60 Å². The molecule has 0 spiro atoms. The first-order chi connectivity index (χ1) is 13.9. The molecular formula is C22H28N4O3. The third-order valence-electron chi connectivity index (χ3n) is 6.01. The molecule has 1 aromatic carbocycles. The van der Waals surface area contributed by atoms with Gasteiger partial charge in [0.1, 0.15) is 11.6 Å². The largest absolute Gasteiger partial charge is 0.497 e. The van der Waals surface area contributed by atoms with Crippen molar-refractivity contribution < 1.29 is 14.6 Å². The molecule has 1 fully saturated rings. The lowest BCUT2D eigenvalue weighted by atomic mass is 9.91. The minimum Gasteiger partial charge on any atom is -0.497 e. The van der Waals surface area contributed by atoms with E-state index in [0.29, 0.717) is 39.0 Å². The highest BCUT2D eigenvalue weighted by Gasteiger charge is 2.34. The predicted octanol–water partition coefficient (Wildman–Crippen LogP) is 2.70. The van der Waals surface area contributed by atoms with Crippen LogP contribution in [0.3, 0.4) is 0 Å². The number of rotatable bonds is 6. The Hall–Kier alpha value is -2.64. The average Bonchev–Trinajstić information content (AvgIpc) is 3.24. The van der Waals surface area contributed by atoms with Crippen molar-refractivity contribution in [1.82, 2.24) is 19.4 Å². The number of likely N-dealkylation sites (tertiary alicyclic amines) is 1. The minimum absolute atomic E-state index is 0.0953. The van der Waals surface area contributed by atoms with Crippen molar-refractivity contribution in [3.63, 3.8) is 0 Å². The molecule has 0 atom stereocenters. The number of ketones is 1. The first-order valence-electron chi connectivity index (χ1n) is 10.0. The van der Waals surface area contributed by atoms with Gasteiger partial charge in [0.05, 0.1) is 25.8 Å². The standard InChI is InChI=1S/C22H28N4O3/c1-15-21(18-12-17(29-3)4-5-19(18)24-15)20(27)13-25-9-6-22(28,7-10-25)14-26-11-8-23-16(26)2/h4-5,8,11-12,24,28H,6-7,9-10,13-14H2,1-3H3. The summed E-state index contributed by atoms with van der Waals surface area (Å²) >= 11 is 0. The van der Waals surface area contributed by atoms with Crippen LogP contribution in [-0.2, 0) is 6.54 Å². The molecule has 3 heterocycles. The van der Waals surface area contributed by atoms with Gasteiger partial charge < -0.3 is 19.4 Å². The Balaban J connectivity index is 1.43. The number of nitrogens with zero attached hydrogens (tertiary/aromatic N) is 3. The molecule has 7 heteroatoms. The Morgan fingerprint density at radius 3 is 2.72 bits per heavy atom. The molecule has 2 aromatic heterocycles. The van der Waals surface area contributed by atoms with Crippen molar-refractivity contribution in [3.05, 3.63) is 47.7 Å². The number of fused-ring (bicyclic) bond motifs is 1. The Kier molecular flexibility index (Phi) is 5.19. The summed E-state index contributed by atoms with van der Waals surface area (Å²) in [4.78, 5) is 22.8. The van der Waals surface area contributed by atoms with Crippen molar-refractivity contribution in [1.29, 1.82) is 0 Å². The number of carbonyl (C=O) groups is 1. The quantitative estimate of drug-likeness (QED) is 0.626. The van der Waals surface area contributed by atoms with Gasteiger partial charge in [-0.05, 0) is 44.9 Å². The van der Waals surface area contributed by atoms with Crippen LogP contribution in [-0.4, -0.2) is 62.7 Å². The fraction of sp³-hybridized carbons (Fsp3) is 0.455. The van der Waals surface area contributed by atoms with E-state index in [4.69, 9.17) is 4.74 Å². The van der Waals surface area contributed by atoms with E-state index in [2.05, 4.69) is 14.9 Å². The topological polar surface area (TPSA) is 83.4 Å². The molecule has 2 N–H and O–H groups in total. The van der Waals surface area contributed by atoms with E-state index in [0.717, 1.165) is 33.7 Å². The van der Waals surface area contributed by atoms with E-state index in [9.17, 15) is 9.90 Å². The normalized spacial score (nSPS) is 17.0. The second-order valence-corrected chi connectivity index (χ2v) is 8.06. The maximum Gasteiger partial charge on any atom is 0.179 e. The number of ether oxygens (including phenoxy) is 1.